The fourth-order valence-electron chi connectivity index (χ4n) is 4.04. The minimum Gasteiger partial charge on any atom is -0.297 e. The van der Waals surface area contributed by atoms with Gasteiger partial charge in [0.25, 0.3) is 0 Å². The smallest absolute Gasteiger partial charge is 0.196 e. The normalized spacial score (nSPS) is 15.0. The van der Waals surface area contributed by atoms with Crippen molar-refractivity contribution in [1.29, 1.82) is 0 Å². The van der Waals surface area contributed by atoms with E-state index in [2.05, 4.69) is 53.2 Å². The summed E-state index contributed by atoms with van der Waals surface area (Å²) < 4.78 is 17.0. The summed E-state index contributed by atoms with van der Waals surface area (Å²) in [5.41, 5.74) is 4.48. The van der Waals surface area contributed by atoms with Crippen LogP contribution < -0.4 is 0 Å². The molecule has 0 saturated heterocycles. The van der Waals surface area contributed by atoms with Crippen molar-refractivity contribution in [2.45, 2.75) is 13.1 Å². The van der Waals surface area contributed by atoms with Gasteiger partial charge in [-0.05, 0) is 22.3 Å². The van der Waals surface area contributed by atoms with E-state index in [-0.39, 0.29) is 0 Å². The third-order valence-electron chi connectivity index (χ3n) is 5.80. The van der Waals surface area contributed by atoms with Gasteiger partial charge in [-0.1, -0.05) is 133 Å². The molecular weight excluding hydrogens is 453 g/mol. The van der Waals surface area contributed by atoms with Gasteiger partial charge >= 0.3 is 0 Å². The van der Waals surface area contributed by atoms with E-state index in [1.807, 2.05) is 84.4 Å². The van der Waals surface area contributed by atoms with Gasteiger partial charge in [-0.25, -0.2) is 4.67 Å². The maximum atomic E-state index is 14.9. The minimum atomic E-state index is -3.01. The molecule has 168 valence electrons. The molecule has 1 heterocycles. The Morgan fingerprint density at radius 1 is 0.529 bits per heavy atom. The van der Waals surface area contributed by atoms with E-state index in [9.17, 15) is 4.57 Å². The largest absolute Gasteiger partial charge is 0.297 e. The average molecular weight is 480 g/mol. The number of thioether (sulfide) groups is 1. The molecule has 0 unspecified atom stereocenters. The number of nitrogens with zero attached hydrogens (tertiary/aromatic N) is 1. The molecule has 1 aliphatic rings. The van der Waals surface area contributed by atoms with E-state index in [1.165, 1.54) is 0 Å². The Kier molecular flexibility index (Phi) is 6.97. The summed E-state index contributed by atoms with van der Waals surface area (Å²) in [6, 6.07) is 41.2. The Hall–Kier alpha value is -3.10. The zero-order chi connectivity index (χ0) is 23.2. The quantitative estimate of drug-likeness (QED) is 0.247. The van der Waals surface area contributed by atoms with E-state index in [4.69, 9.17) is 0 Å². The lowest BCUT2D eigenvalue weighted by Crippen LogP contribution is -2.19. The summed E-state index contributed by atoms with van der Waals surface area (Å²) in [5, 5.41) is 0. The first kappa shape index (κ1) is 22.7. The average Bonchev–Trinajstić information content (AvgIpc) is 2.90. The zero-order valence-corrected chi connectivity index (χ0v) is 20.5. The molecule has 4 aromatic carbocycles. The molecule has 5 rings (SSSR count). The Morgan fingerprint density at radius 2 is 0.882 bits per heavy atom. The van der Waals surface area contributed by atoms with Gasteiger partial charge in [0.2, 0.25) is 0 Å². The second-order valence-electron chi connectivity index (χ2n) is 8.29. The first-order chi connectivity index (χ1) is 16.7. The first-order valence-electron chi connectivity index (χ1n) is 11.4. The molecule has 0 aromatic heterocycles. The standard InChI is InChI=1S/C30H26NOPS/c32-33(31(21-25-13-5-1-6-14-25)22-26-15-7-2-8-16-26)23-29(27-17-9-3-10-18-27)34-30(24-33)28-19-11-4-12-20-28/h1-20,23-24H,21-22H2. The highest BCUT2D eigenvalue weighted by molar-refractivity contribution is 8.17. The predicted octanol–water partition coefficient (Wildman–Crippen LogP) is 8.71. The van der Waals surface area contributed by atoms with Crippen LogP contribution in [0.25, 0.3) is 9.81 Å². The van der Waals surface area contributed by atoms with Crippen LogP contribution in [0.3, 0.4) is 0 Å². The van der Waals surface area contributed by atoms with E-state index >= 15 is 0 Å². The van der Waals surface area contributed by atoms with Crippen LogP contribution in [0, 0.1) is 0 Å². The van der Waals surface area contributed by atoms with E-state index in [0.29, 0.717) is 13.1 Å². The van der Waals surface area contributed by atoms with Gasteiger partial charge in [0.1, 0.15) is 0 Å². The van der Waals surface area contributed by atoms with Crippen molar-refractivity contribution in [3.8, 4) is 0 Å². The van der Waals surface area contributed by atoms with Crippen LogP contribution in [0.4, 0.5) is 0 Å². The summed E-state index contributed by atoms with van der Waals surface area (Å²) >= 11 is 1.69. The summed E-state index contributed by atoms with van der Waals surface area (Å²) in [5.74, 6) is 4.01. The van der Waals surface area contributed by atoms with Crippen molar-refractivity contribution in [3.05, 3.63) is 155 Å². The zero-order valence-electron chi connectivity index (χ0n) is 18.8. The maximum absolute atomic E-state index is 14.9. The van der Waals surface area contributed by atoms with Crippen molar-refractivity contribution in [3.63, 3.8) is 0 Å². The number of rotatable bonds is 7. The molecule has 1 aliphatic heterocycles. The lowest BCUT2D eigenvalue weighted by Gasteiger charge is -2.32. The molecule has 34 heavy (non-hydrogen) atoms. The van der Waals surface area contributed by atoms with Crippen LogP contribution in [0.5, 0.6) is 0 Å². The Balaban J connectivity index is 1.61. The van der Waals surface area contributed by atoms with E-state index in [0.717, 1.165) is 32.1 Å². The van der Waals surface area contributed by atoms with Crippen molar-refractivity contribution in [2.75, 3.05) is 0 Å². The molecular formula is C30H26NOPS. The van der Waals surface area contributed by atoms with Gasteiger partial charge in [0, 0.05) is 34.5 Å². The van der Waals surface area contributed by atoms with Crippen LogP contribution >= 0.6 is 19.1 Å². The van der Waals surface area contributed by atoms with Crippen LogP contribution in [0.15, 0.2) is 133 Å². The minimum absolute atomic E-state index is 0.606. The Bertz CT molecular complexity index is 1230. The van der Waals surface area contributed by atoms with Crippen LogP contribution in [0.2, 0.25) is 0 Å². The Labute approximate surface area is 206 Å². The van der Waals surface area contributed by atoms with Crippen molar-refractivity contribution in [1.82, 2.24) is 4.67 Å². The third-order valence-corrected chi connectivity index (χ3v) is 9.72. The van der Waals surface area contributed by atoms with Gasteiger partial charge in [-0.3, -0.25) is 4.57 Å². The molecule has 4 aromatic rings. The number of hydrogen-bond donors (Lipinski definition) is 0. The fourth-order valence-corrected chi connectivity index (χ4v) is 8.26. The summed E-state index contributed by atoms with van der Waals surface area (Å²) in [4.78, 5) is 2.08. The van der Waals surface area contributed by atoms with Crippen molar-refractivity contribution in [2.24, 2.45) is 0 Å². The summed E-state index contributed by atoms with van der Waals surface area (Å²) in [6.07, 6.45) is 0. The van der Waals surface area contributed by atoms with Gasteiger partial charge in [-0.15, -0.1) is 0 Å². The van der Waals surface area contributed by atoms with Crippen molar-refractivity contribution < 1.29 is 4.57 Å². The maximum Gasteiger partial charge on any atom is 0.196 e. The molecule has 0 aliphatic carbocycles. The van der Waals surface area contributed by atoms with E-state index < -0.39 is 7.29 Å². The SMILES string of the molecule is O=P1(N(Cc2ccccc2)Cc2ccccc2)C=C(c2ccccc2)SC(c2ccccc2)=C1. The number of hydrogen-bond acceptors (Lipinski definition) is 2. The molecule has 0 atom stereocenters. The molecule has 0 saturated carbocycles. The molecule has 0 bridgehead atoms. The Morgan fingerprint density at radius 3 is 1.26 bits per heavy atom. The van der Waals surface area contributed by atoms with Crippen LogP contribution in [0.1, 0.15) is 22.3 Å². The fraction of sp³-hybridized carbons (Fsp3) is 0.0667. The van der Waals surface area contributed by atoms with E-state index in [1.54, 1.807) is 11.8 Å². The molecule has 0 radical (unpaired) electrons. The second-order valence-corrected chi connectivity index (χ2v) is 11.8. The summed E-state index contributed by atoms with van der Waals surface area (Å²) in [6.45, 7) is 1.21. The monoisotopic (exact) mass is 479 g/mol. The van der Waals surface area contributed by atoms with Crippen molar-refractivity contribution >= 4 is 28.9 Å². The van der Waals surface area contributed by atoms with Crippen LogP contribution in [-0.4, -0.2) is 4.67 Å². The molecule has 0 amide bonds. The summed E-state index contributed by atoms with van der Waals surface area (Å²) in [7, 11) is -3.01. The molecule has 4 heteroatoms. The van der Waals surface area contributed by atoms with Gasteiger partial charge in [0.15, 0.2) is 7.29 Å². The molecule has 2 nitrogen and oxygen atoms in total. The highest BCUT2D eigenvalue weighted by Gasteiger charge is 2.32. The highest BCUT2D eigenvalue weighted by Crippen LogP contribution is 2.63. The highest BCUT2D eigenvalue weighted by atomic mass is 32.2. The first-order valence-corrected chi connectivity index (χ1v) is 14.0. The predicted molar refractivity (Wildman–Crippen MR) is 146 cm³/mol. The molecule has 0 N–H and O–H groups in total. The number of benzene rings is 4. The lowest BCUT2D eigenvalue weighted by molar-refractivity contribution is 0.411. The van der Waals surface area contributed by atoms with Gasteiger partial charge in [-0.2, -0.15) is 0 Å². The second kappa shape index (κ2) is 10.4. The van der Waals surface area contributed by atoms with Gasteiger partial charge < -0.3 is 0 Å². The molecule has 0 spiro atoms. The lowest BCUT2D eigenvalue weighted by atomic mass is 10.2. The van der Waals surface area contributed by atoms with Gasteiger partial charge in [0.05, 0.1) is 0 Å². The molecule has 0 fully saturated rings. The van der Waals surface area contributed by atoms with Crippen LogP contribution in [-0.2, 0) is 17.7 Å². The topological polar surface area (TPSA) is 20.3 Å². The third kappa shape index (κ3) is 5.34.